The van der Waals surface area contributed by atoms with Crippen LogP contribution in [-0.2, 0) is 21.9 Å². The molecule has 1 atom stereocenters. The average Bonchev–Trinajstić information content (AvgIpc) is 3.64. The van der Waals surface area contributed by atoms with E-state index in [1.165, 1.54) is 19.2 Å². The lowest BCUT2D eigenvalue weighted by atomic mass is 10.0. The van der Waals surface area contributed by atoms with Gasteiger partial charge in [-0.15, -0.1) is 0 Å². The summed E-state index contributed by atoms with van der Waals surface area (Å²) in [5.74, 6) is -0.395. The van der Waals surface area contributed by atoms with Crippen molar-refractivity contribution < 1.29 is 26.9 Å². The molecule has 1 unspecified atom stereocenters. The van der Waals surface area contributed by atoms with Crippen LogP contribution in [0.2, 0.25) is 0 Å². The number of ether oxygens (including phenoxy) is 1. The molecule has 0 spiro atoms. The topological polar surface area (TPSA) is 49.9 Å². The second-order valence-corrected chi connectivity index (χ2v) is 9.48. The zero-order chi connectivity index (χ0) is 22.9. The molecular formula is C23H25F3N2O3S. The largest absolute Gasteiger partial charge is 0.465 e. The summed E-state index contributed by atoms with van der Waals surface area (Å²) in [5, 5.41) is 0. The lowest BCUT2D eigenvalue weighted by Gasteiger charge is -2.39. The van der Waals surface area contributed by atoms with Crippen LogP contribution in [0, 0.1) is 0 Å². The Bertz CT molecular complexity index is 1000. The summed E-state index contributed by atoms with van der Waals surface area (Å²) in [4.78, 5) is 14.4. The van der Waals surface area contributed by atoms with Gasteiger partial charge in [-0.2, -0.15) is 13.2 Å². The molecule has 2 fully saturated rings. The fourth-order valence-corrected chi connectivity index (χ4v) is 5.82. The number of carbonyl (C=O) groups excluding carboxylic acids is 1. The minimum atomic E-state index is -4.47. The second kappa shape index (κ2) is 9.23. The maximum atomic E-state index is 13.3. The number of alkyl halides is 3. The van der Waals surface area contributed by atoms with Gasteiger partial charge in [0, 0.05) is 25.2 Å². The number of rotatable bonds is 6. The van der Waals surface area contributed by atoms with Crippen molar-refractivity contribution >= 4 is 22.6 Å². The molecule has 32 heavy (non-hydrogen) atoms. The van der Waals surface area contributed by atoms with Gasteiger partial charge >= 0.3 is 12.1 Å². The molecule has 1 saturated carbocycles. The van der Waals surface area contributed by atoms with Gasteiger partial charge in [0.05, 0.1) is 28.8 Å². The number of halogens is 3. The number of methoxy groups -OCH3 is 1. The Balaban J connectivity index is 1.50. The molecule has 2 aromatic rings. The maximum Gasteiger partial charge on any atom is 0.416 e. The number of para-hydroxylation sites is 1. The quantitative estimate of drug-likeness (QED) is 0.582. The van der Waals surface area contributed by atoms with E-state index in [4.69, 9.17) is 4.74 Å². The highest BCUT2D eigenvalue weighted by atomic mass is 32.2. The third-order valence-corrected chi connectivity index (χ3v) is 7.57. The number of carbonyl (C=O) groups is 1. The van der Waals surface area contributed by atoms with E-state index in [1.807, 2.05) is 16.4 Å². The molecule has 1 aliphatic heterocycles. The van der Waals surface area contributed by atoms with Crippen molar-refractivity contribution in [2.24, 2.45) is 0 Å². The Morgan fingerprint density at radius 2 is 1.69 bits per heavy atom. The molecule has 0 amide bonds. The van der Waals surface area contributed by atoms with E-state index in [1.54, 1.807) is 12.1 Å². The Kier molecular flexibility index (Phi) is 6.57. The average molecular weight is 467 g/mol. The van der Waals surface area contributed by atoms with Crippen LogP contribution in [0.5, 0.6) is 0 Å². The first-order chi connectivity index (χ1) is 15.3. The molecule has 0 radical (unpaired) electrons. The number of hydrogen-bond donors (Lipinski definition) is 0. The molecule has 2 aliphatic rings. The number of esters is 1. The van der Waals surface area contributed by atoms with Crippen molar-refractivity contribution in [2.45, 2.75) is 48.8 Å². The van der Waals surface area contributed by atoms with Gasteiger partial charge < -0.3 is 9.64 Å². The van der Waals surface area contributed by atoms with Crippen LogP contribution in [0.3, 0.4) is 0 Å². The smallest absolute Gasteiger partial charge is 0.416 e. The number of nitrogens with zero attached hydrogens (tertiary/aromatic N) is 2. The summed E-state index contributed by atoms with van der Waals surface area (Å²) in [6.07, 6.45) is -1.26. The number of anilines is 1. The summed E-state index contributed by atoms with van der Waals surface area (Å²) in [7, 11) is -0.310. The van der Waals surface area contributed by atoms with Crippen molar-refractivity contribution in [1.82, 2.24) is 4.31 Å². The highest BCUT2D eigenvalue weighted by molar-refractivity contribution is 7.82. The number of benzene rings is 2. The molecule has 1 heterocycles. The fourth-order valence-electron chi connectivity index (χ4n) is 4.19. The van der Waals surface area contributed by atoms with Crippen LogP contribution in [-0.4, -0.2) is 46.8 Å². The minimum absolute atomic E-state index is 0.000542. The highest BCUT2D eigenvalue weighted by Crippen LogP contribution is 2.37. The molecule has 172 valence electrons. The van der Waals surface area contributed by atoms with Crippen molar-refractivity contribution in [3.8, 4) is 0 Å². The van der Waals surface area contributed by atoms with Gasteiger partial charge in [0.15, 0.2) is 0 Å². The van der Waals surface area contributed by atoms with Gasteiger partial charge in [-0.25, -0.2) is 13.3 Å². The summed E-state index contributed by atoms with van der Waals surface area (Å²) in [5.41, 5.74) is 0.517. The van der Waals surface area contributed by atoms with Crippen LogP contribution >= 0.6 is 0 Å². The monoisotopic (exact) mass is 466 g/mol. The van der Waals surface area contributed by atoms with Gasteiger partial charge in [-0.05, 0) is 56.0 Å². The van der Waals surface area contributed by atoms with E-state index in [2.05, 4.69) is 4.90 Å². The molecule has 2 aromatic carbocycles. The van der Waals surface area contributed by atoms with Crippen molar-refractivity contribution in [1.29, 1.82) is 0 Å². The van der Waals surface area contributed by atoms with Crippen molar-refractivity contribution in [3.05, 3.63) is 59.7 Å². The lowest BCUT2D eigenvalue weighted by molar-refractivity contribution is -0.137. The first kappa shape index (κ1) is 22.8. The first-order valence-corrected chi connectivity index (χ1v) is 11.7. The normalized spacial score (nSPS) is 18.6. The zero-order valence-electron chi connectivity index (χ0n) is 17.7. The van der Waals surface area contributed by atoms with E-state index < -0.39 is 28.7 Å². The minimum Gasteiger partial charge on any atom is -0.465 e. The molecule has 0 aromatic heterocycles. The van der Waals surface area contributed by atoms with E-state index in [0.29, 0.717) is 31.5 Å². The number of piperidine rings is 1. The first-order valence-electron chi connectivity index (χ1n) is 10.6. The number of hydrogen-bond acceptors (Lipinski definition) is 4. The SMILES string of the molecule is COC(=O)c1ccccc1N1CCC(N(C2CC2)S(=O)c2cccc(C(F)(F)F)c2)CC1. The zero-order valence-corrected chi connectivity index (χ0v) is 18.5. The summed E-state index contributed by atoms with van der Waals surface area (Å²) in [6, 6.07) is 12.2. The summed E-state index contributed by atoms with van der Waals surface area (Å²) >= 11 is 0. The second-order valence-electron chi connectivity index (χ2n) is 8.09. The molecule has 4 rings (SSSR count). The third-order valence-electron chi connectivity index (χ3n) is 5.94. The van der Waals surface area contributed by atoms with Gasteiger partial charge in [0.1, 0.15) is 11.0 Å². The molecule has 9 heteroatoms. The predicted molar refractivity (Wildman–Crippen MR) is 116 cm³/mol. The fraction of sp³-hybridized carbons (Fsp3) is 0.435. The molecular weight excluding hydrogens is 441 g/mol. The molecule has 0 N–H and O–H groups in total. The van der Waals surface area contributed by atoms with E-state index >= 15 is 0 Å². The molecule has 1 saturated heterocycles. The predicted octanol–water partition coefficient (Wildman–Crippen LogP) is 4.65. The Hall–Kier alpha value is -2.39. The Morgan fingerprint density at radius 1 is 1.03 bits per heavy atom. The highest BCUT2D eigenvalue weighted by Gasteiger charge is 2.40. The lowest BCUT2D eigenvalue weighted by Crippen LogP contribution is -2.47. The van der Waals surface area contributed by atoms with E-state index in [9.17, 15) is 22.2 Å². The van der Waals surface area contributed by atoms with Crippen LogP contribution in [0.4, 0.5) is 18.9 Å². The summed E-state index contributed by atoms with van der Waals surface area (Å²) < 4.78 is 59.5. The van der Waals surface area contributed by atoms with Gasteiger partial charge in [0.2, 0.25) is 0 Å². The van der Waals surface area contributed by atoms with Crippen molar-refractivity contribution in [2.75, 3.05) is 25.1 Å². The van der Waals surface area contributed by atoms with Gasteiger partial charge in [-0.1, -0.05) is 18.2 Å². The van der Waals surface area contributed by atoms with Crippen molar-refractivity contribution in [3.63, 3.8) is 0 Å². The van der Waals surface area contributed by atoms with Crippen LogP contribution in [0.1, 0.15) is 41.6 Å². The van der Waals surface area contributed by atoms with Crippen LogP contribution < -0.4 is 4.90 Å². The van der Waals surface area contributed by atoms with Gasteiger partial charge in [-0.3, -0.25) is 0 Å². The summed E-state index contributed by atoms with van der Waals surface area (Å²) in [6.45, 7) is 1.31. The van der Waals surface area contributed by atoms with E-state index in [0.717, 1.165) is 30.7 Å². The van der Waals surface area contributed by atoms with Crippen LogP contribution in [0.15, 0.2) is 53.4 Å². The third kappa shape index (κ3) is 4.83. The van der Waals surface area contributed by atoms with Crippen LogP contribution in [0.25, 0.3) is 0 Å². The van der Waals surface area contributed by atoms with Gasteiger partial charge in [0.25, 0.3) is 0 Å². The molecule has 1 aliphatic carbocycles. The molecule has 5 nitrogen and oxygen atoms in total. The maximum absolute atomic E-state index is 13.3. The Labute approximate surface area is 187 Å². The molecule has 0 bridgehead atoms. The standard InChI is InChI=1S/C23H25F3N2O3S/c1-31-22(29)20-7-2-3-8-21(20)27-13-11-18(12-14-27)28(17-9-10-17)32(30)19-6-4-5-16(15-19)23(24,25)26/h2-8,15,17-18H,9-14H2,1H3. The Morgan fingerprint density at radius 3 is 2.31 bits per heavy atom. The van der Waals surface area contributed by atoms with E-state index in [-0.39, 0.29) is 17.0 Å².